The van der Waals surface area contributed by atoms with Gasteiger partial charge in [-0.1, -0.05) is 0 Å². The van der Waals surface area contributed by atoms with E-state index < -0.39 is 11.6 Å². The molecule has 88 valence electrons. The fourth-order valence-corrected chi connectivity index (χ4v) is 1.41. The summed E-state index contributed by atoms with van der Waals surface area (Å²) in [5.74, 6) is 0.560. The Labute approximate surface area is 99.0 Å². The zero-order valence-electron chi connectivity index (χ0n) is 9.44. The Bertz CT molecular complexity index is 373. The third-order valence-electron chi connectivity index (χ3n) is 1.93. The molecule has 1 aromatic rings. The first kappa shape index (κ1) is 12.7. The van der Waals surface area contributed by atoms with Gasteiger partial charge in [0.25, 0.3) is 0 Å². The van der Waals surface area contributed by atoms with Gasteiger partial charge in [-0.05, 0) is 32.9 Å². The van der Waals surface area contributed by atoms with E-state index in [0.717, 1.165) is 4.90 Å². The molecule has 1 amide bonds. The van der Waals surface area contributed by atoms with Crippen LogP contribution in [-0.2, 0) is 5.88 Å². The summed E-state index contributed by atoms with van der Waals surface area (Å²) in [5.41, 5.74) is 0.0490. The molecule has 0 fully saturated rings. The first-order chi connectivity index (χ1) is 7.36. The predicted molar refractivity (Wildman–Crippen MR) is 61.8 cm³/mol. The number of anilines is 1. The molecule has 6 heteroatoms. The van der Waals surface area contributed by atoms with Gasteiger partial charge in [0.1, 0.15) is 0 Å². The molecular formula is C10H14ClN3O2. The summed E-state index contributed by atoms with van der Waals surface area (Å²) in [5, 5.41) is 16.8. The zero-order chi connectivity index (χ0) is 12.3. The van der Waals surface area contributed by atoms with E-state index in [1.54, 1.807) is 32.9 Å². The molecule has 0 aromatic carbocycles. The molecule has 1 rings (SSSR count). The molecule has 0 atom stereocenters. The van der Waals surface area contributed by atoms with E-state index >= 15 is 0 Å². The SMILES string of the molecule is CC(C)(C)N(C(=O)O)c1ccc(CCl)nn1. The minimum absolute atomic E-state index is 0.260. The second-order valence-electron chi connectivity index (χ2n) is 4.31. The molecule has 1 N–H and O–H groups in total. The van der Waals surface area contributed by atoms with Crippen LogP contribution < -0.4 is 4.90 Å². The van der Waals surface area contributed by atoms with Crippen molar-refractivity contribution in [1.82, 2.24) is 10.2 Å². The normalized spacial score (nSPS) is 11.2. The van der Waals surface area contributed by atoms with Crippen molar-refractivity contribution in [3.05, 3.63) is 17.8 Å². The van der Waals surface area contributed by atoms with Crippen molar-refractivity contribution in [2.24, 2.45) is 0 Å². The molecule has 1 aromatic heterocycles. The summed E-state index contributed by atoms with van der Waals surface area (Å²) in [6, 6.07) is 3.26. The number of amides is 1. The highest BCUT2D eigenvalue weighted by molar-refractivity contribution is 6.16. The molecule has 0 saturated carbocycles. The molecule has 1 heterocycles. The van der Waals surface area contributed by atoms with Gasteiger partial charge in [0.15, 0.2) is 5.82 Å². The minimum Gasteiger partial charge on any atom is -0.465 e. The Morgan fingerprint density at radius 1 is 1.44 bits per heavy atom. The summed E-state index contributed by atoms with van der Waals surface area (Å²) in [6.45, 7) is 5.37. The lowest BCUT2D eigenvalue weighted by Gasteiger charge is -2.31. The Balaban J connectivity index is 3.07. The third-order valence-corrected chi connectivity index (χ3v) is 2.21. The molecule has 5 nitrogen and oxygen atoms in total. The van der Waals surface area contributed by atoms with Crippen LogP contribution in [0.25, 0.3) is 0 Å². The van der Waals surface area contributed by atoms with E-state index in [1.165, 1.54) is 0 Å². The maximum absolute atomic E-state index is 11.1. The van der Waals surface area contributed by atoms with Crippen LogP contribution >= 0.6 is 11.6 Å². The van der Waals surface area contributed by atoms with Gasteiger partial charge in [-0.15, -0.1) is 16.7 Å². The Hall–Kier alpha value is -1.36. The molecule has 0 aliphatic carbocycles. The summed E-state index contributed by atoms with van der Waals surface area (Å²) in [6.07, 6.45) is -1.06. The number of carbonyl (C=O) groups is 1. The molecular weight excluding hydrogens is 230 g/mol. The number of hydrogen-bond acceptors (Lipinski definition) is 3. The van der Waals surface area contributed by atoms with Crippen LogP contribution in [0.5, 0.6) is 0 Å². The Kier molecular flexibility index (Phi) is 3.70. The largest absolute Gasteiger partial charge is 0.465 e. The fourth-order valence-electron chi connectivity index (χ4n) is 1.27. The van der Waals surface area contributed by atoms with E-state index in [9.17, 15) is 4.79 Å². The number of nitrogens with zero attached hydrogens (tertiary/aromatic N) is 3. The lowest BCUT2D eigenvalue weighted by molar-refractivity contribution is 0.195. The number of rotatable bonds is 2. The summed E-state index contributed by atoms with van der Waals surface area (Å²) < 4.78 is 0. The highest BCUT2D eigenvalue weighted by Crippen LogP contribution is 2.21. The van der Waals surface area contributed by atoms with E-state index in [4.69, 9.17) is 16.7 Å². The molecule has 0 saturated heterocycles. The number of carboxylic acid groups (broad SMARTS) is 1. The number of hydrogen-bond donors (Lipinski definition) is 1. The second-order valence-corrected chi connectivity index (χ2v) is 4.57. The van der Waals surface area contributed by atoms with Gasteiger partial charge in [0.05, 0.1) is 11.6 Å². The molecule has 0 unspecified atom stereocenters. The quantitative estimate of drug-likeness (QED) is 0.811. The van der Waals surface area contributed by atoms with Crippen molar-refractivity contribution in [1.29, 1.82) is 0 Å². The fraction of sp³-hybridized carbons (Fsp3) is 0.500. The van der Waals surface area contributed by atoms with Crippen LogP contribution in [0.2, 0.25) is 0 Å². The number of halogens is 1. The van der Waals surface area contributed by atoms with Gasteiger partial charge < -0.3 is 5.11 Å². The topological polar surface area (TPSA) is 66.3 Å². The van der Waals surface area contributed by atoms with Crippen LogP contribution in [0.1, 0.15) is 26.5 Å². The van der Waals surface area contributed by atoms with Crippen LogP contribution in [0.3, 0.4) is 0 Å². The Morgan fingerprint density at radius 3 is 2.38 bits per heavy atom. The van der Waals surface area contributed by atoms with Crippen molar-refractivity contribution in [3.8, 4) is 0 Å². The van der Waals surface area contributed by atoms with Crippen LogP contribution in [0.15, 0.2) is 12.1 Å². The highest BCUT2D eigenvalue weighted by Gasteiger charge is 2.29. The van der Waals surface area contributed by atoms with Gasteiger partial charge in [0.2, 0.25) is 0 Å². The Morgan fingerprint density at radius 2 is 2.06 bits per heavy atom. The summed E-state index contributed by atoms with van der Waals surface area (Å²) >= 11 is 5.58. The first-order valence-corrected chi connectivity index (χ1v) is 5.31. The van der Waals surface area contributed by atoms with Gasteiger partial charge in [-0.2, -0.15) is 5.10 Å². The van der Waals surface area contributed by atoms with Gasteiger partial charge in [0, 0.05) is 5.54 Å². The molecule has 0 spiro atoms. The highest BCUT2D eigenvalue weighted by atomic mass is 35.5. The lowest BCUT2D eigenvalue weighted by atomic mass is 10.1. The molecule has 0 aliphatic heterocycles. The van der Waals surface area contributed by atoms with Crippen LogP contribution in [-0.4, -0.2) is 26.9 Å². The predicted octanol–water partition coefficient (Wildman–Crippen LogP) is 2.50. The van der Waals surface area contributed by atoms with Crippen LogP contribution in [0, 0.1) is 0 Å². The van der Waals surface area contributed by atoms with Crippen molar-refractivity contribution in [3.63, 3.8) is 0 Å². The average molecular weight is 244 g/mol. The molecule has 0 aliphatic rings. The average Bonchev–Trinajstić information content (AvgIpc) is 2.16. The molecule has 16 heavy (non-hydrogen) atoms. The van der Waals surface area contributed by atoms with Gasteiger partial charge in [-0.3, -0.25) is 4.90 Å². The lowest BCUT2D eigenvalue weighted by Crippen LogP contribution is -2.45. The van der Waals surface area contributed by atoms with Gasteiger partial charge in [-0.25, -0.2) is 4.79 Å². The second kappa shape index (κ2) is 4.65. The maximum atomic E-state index is 11.1. The third kappa shape index (κ3) is 2.82. The van der Waals surface area contributed by atoms with E-state index in [-0.39, 0.29) is 5.88 Å². The van der Waals surface area contributed by atoms with E-state index in [2.05, 4.69) is 10.2 Å². The van der Waals surface area contributed by atoms with E-state index in [0.29, 0.717) is 11.5 Å². The summed E-state index contributed by atoms with van der Waals surface area (Å²) in [7, 11) is 0. The maximum Gasteiger partial charge on any atom is 0.413 e. The zero-order valence-corrected chi connectivity index (χ0v) is 10.2. The summed E-state index contributed by atoms with van der Waals surface area (Å²) in [4.78, 5) is 12.3. The minimum atomic E-state index is -1.06. The van der Waals surface area contributed by atoms with Crippen molar-refractivity contribution in [2.45, 2.75) is 32.2 Å². The number of alkyl halides is 1. The monoisotopic (exact) mass is 243 g/mol. The van der Waals surface area contributed by atoms with Crippen molar-refractivity contribution in [2.75, 3.05) is 4.90 Å². The van der Waals surface area contributed by atoms with E-state index in [1.807, 2.05) is 0 Å². The first-order valence-electron chi connectivity index (χ1n) is 4.78. The van der Waals surface area contributed by atoms with Crippen LogP contribution in [0.4, 0.5) is 10.6 Å². The molecule has 0 radical (unpaired) electrons. The molecule has 0 bridgehead atoms. The van der Waals surface area contributed by atoms with Gasteiger partial charge >= 0.3 is 6.09 Å². The standard InChI is InChI=1S/C10H14ClN3O2/c1-10(2,3)14(9(15)16)8-5-4-7(6-11)12-13-8/h4-5H,6H2,1-3H3,(H,15,16). The van der Waals surface area contributed by atoms with Crippen molar-refractivity contribution < 1.29 is 9.90 Å². The smallest absolute Gasteiger partial charge is 0.413 e. The van der Waals surface area contributed by atoms with Crippen molar-refractivity contribution >= 4 is 23.5 Å². The number of aromatic nitrogens is 2.